The Morgan fingerprint density at radius 2 is 1.83 bits per heavy atom. The average molecular weight is 307 g/mol. The standard InChI is InChI=1S/C20H21NO2/c1-3-21(4-2)18-11-10-16-13-17(20(22)23-19(16)14-18)12-15-8-6-5-7-9-15/h5-12,14H,3-4,13H2,1-2H3. The third kappa shape index (κ3) is 3.29. The van der Waals surface area contributed by atoms with Gasteiger partial charge in [-0.3, -0.25) is 0 Å². The van der Waals surface area contributed by atoms with Crippen LogP contribution in [0.4, 0.5) is 5.69 Å². The molecule has 2 aromatic rings. The molecule has 118 valence electrons. The van der Waals surface area contributed by atoms with E-state index in [1.54, 1.807) is 0 Å². The van der Waals surface area contributed by atoms with Crippen LogP contribution in [-0.2, 0) is 11.2 Å². The first-order valence-corrected chi connectivity index (χ1v) is 8.07. The summed E-state index contributed by atoms with van der Waals surface area (Å²) >= 11 is 0. The average Bonchev–Trinajstić information content (AvgIpc) is 2.58. The number of benzene rings is 2. The Kier molecular flexibility index (Phi) is 4.47. The molecule has 0 amide bonds. The van der Waals surface area contributed by atoms with Gasteiger partial charge in [0.15, 0.2) is 0 Å². The van der Waals surface area contributed by atoms with E-state index in [9.17, 15) is 4.79 Å². The molecule has 0 atom stereocenters. The second-order valence-corrected chi connectivity index (χ2v) is 5.61. The van der Waals surface area contributed by atoms with Gasteiger partial charge < -0.3 is 9.64 Å². The Labute approximate surface area is 137 Å². The molecule has 23 heavy (non-hydrogen) atoms. The lowest BCUT2D eigenvalue weighted by Gasteiger charge is -2.24. The quantitative estimate of drug-likeness (QED) is 0.484. The van der Waals surface area contributed by atoms with E-state index in [0.717, 1.165) is 29.9 Å². The summed E-state index contributed by atoms with van der Waals surface area (Å²) in [5.74, 6) is 0.433. The molecule has 0 aromatic heterocycles. The number of carbonyl (C=O) groups excluding carboxylic acids is 1. The minimum Gasteiger partial charge on any atom is -0.423 e. The fraction of sp³-hybridized carbons (Fsp3) is 0.250. The first kappa shape index (κ1) is 15.3. The van der Waals surface area contributed by atoms with Crippen LogP contribution in [0, 0.1) is 0 Å². The largest absolute Gasteiger partial charge is 0.423 e. The van der Waals surface area contributed by atoms with Crippen LogP contribution in [0.25, 0.3) is 6.08 Å². The summed E-state index contributed by atoms with van der Waals surface area (Å²) < 4.78 is 5.56. The molecule has 1 heterocycles. The summed E-state index contributed by atoms with van der Waals surface area (Å²) in [5.41, 5.74) is 3.86. The van der Waals surface area contributed by atoms with E-state index >= 15 is 0 Å². The van der Waals surface area contributed by atoms with Crippen molar-refractivity contribution in [3.63, 3.8) is 0 Å². The second kappa shape index (κ2) is 6.69. The zero-order valence-electron chi connectivity index (χ0n) is 13.6. The Balaban J connectivity index is 1.89. The highest BCUT2D eigenvalue weighted by molar-refractivity contribution is 5.97. The summed E-state index contributed by atoms with van der Waals surface area (Å²) in [6.07, 6.45) is 2.52. The fourth-order valence-corrected chi connectivity index (χ4v) is 2.87. The van der Waals surface area contributed by atoms with Gasteiger partial charge in [-0.1, -0.05) is 36.4 Å². The van der Waals surface area contributed by atoms with Crippen molar-refractivity contribution in [2.24, 2.45) is 0 Å². The predicted octanol–water partition coefficient (Wildman–Crippen LogP) is 4.08. The van der Waals surface area contributed by atoms with Crippen LogP contribution in [0.2, 0.25) is 0 Å². The molecule has 3 heteroatoms. The van der Waals surface area contributed by atoms with Crippen LogP contribution in [0.15, 0.2) is 54.1 Å². The monoisotopic (exact) mass is 307 g/mol. The van der Waals surface area contributed by atoms with Crippen LogP contribution in [0.1, 0.15) is 25.0 Å². The fourth-order valence-electron chi connectivity index (χ4n) is 2.87. The van der Waals surface area contributed by atoms with E-state index in [4.69, 9.17) is 4.74 Å². The van der Waals surface area contributed by atoms with E-state index in [2.05, 4.69) is 30.9 Å². The lowest BCUT2D eigenvalue weighted by molar-refractivity contribution is -0.130. The van der Waals surface area contributed by atoms with Crippen LogP contribution in [0.3, 0.4) is 0 Å². The molecule has 0 spiro atoms. The predicted molar refractivity (Wildman–Crippen MR) is 93.8 cm³/mol. The molecule has 0 aliphatic carbocycles. The van der Waals surface area contributed by atoms with Gasteiger partial charge in [0.25, 0.3) is 0 Å². The Morgan fingerprint density at radius 1 is 1.09 bits per heavy atom. The lowest BCUT2D eigenvalue weighted by Crippen LogP contribution is -2.23. The Hall–Kier alpha value is -2.55. The molecule has 0 N–H and O–H groups in total. The molecular weight excluding hydrogens is 286 g/mol. The van der Waals surface area contributed by atoms with Gasteiger partial charge in [-0.15, -0.1) is 0 Å². The maximum absolute atomic E-state index is 12.3. The minimum absolute atomic E-state index is 0.252. The van der Waals surface area contributed by atoms with Crippen molar-refractivity contribution in [2.75, 3.05) is 18.0 Å². The van der Waals surface area contributed by atoms with E-state index in [1.165, 1.54) is 0 Å². The van der Waals surface area contributed by atoms with Gasteiger partial charge in [-0.25, -0.2) is 4.79 Å². The maximum atomic E-state index is 12.3. The highest BCUT2D eigenvalue weighted by Crippen LogP contribution is 2.32. The SMILES string of the molecule is CCN(CC)c1ccc2c(c1)OC(=O)C(=Cc1ccccc1)C2. The summed E-state index contributed by atoms with van der Waals surface area (Å²) in [6, 6.07) is 16.0. The molecule has 0 saturated carbocycles. The summed E-state index contributed by atoms with van der Waals surface area (Å²) in [6.45, 7) is 6.11. The maximum Gasteiger partial charge on any atom is 0.339 e. The molecule has 3 rings (SSSR count). The molecule has 0 unspecified atom stereocenters. The van der Waals surface area contributed by atoms with Crippen molar-refractivity contribution in [2.45, 2.75) is 20.3 Å². The normalized spacial score (nSPS) is 15.2. The molecular formula is C20H21NO2. The summed E-state index contributed by atoms with van der Waals surface area (Å²) in [7, 11) is 0. The van der Waals surface area contributed by atoms with Crippen LogP contribution in [0.5, 0.6) is 5.75 Å². The first-order valence-electron chi connectivity index (χ1n) is 8.07. The number of fused-ring (bicyclic) bond motifs is 1. The van der Waals surface area contributed by atoms with Crippen molar-refractivity contribution < 1.29 is 9.53 Å². The van der Waals surface area contributed by atoms with Gasteiger partial charge in [0.1, 0.15) is 5.75 Å². The number of esters is 1. The van der Waals surface area contributed by atoms with E-state index < -0.39 is 0 Å². The van der Waals surface area contributed by atoms with Gasteiger partial charge >= 0.3 is 5.97 Å². The molecule has 3 nitrogen and oxygen atoms in total. The minimum atomic E-state index is -0.252. The zero-order chi connectivity index (χ0) is 16.2. The van der Waals surface area contributed by atoms with Crippen LogP contribution >= 0.6 is 0 Å². The number of nitrogens with zero attached hydrogens (tertiary/aromatic N) is 1. The highest BCUT2D eigenvalue weighted by Gasteiger charge is 2.23. The number of anilines is 1. The summed E-state index contributed by atoms with van der Waals surface area (Å²) in [4.78, 5) is 14.5. The molecule has 0 bridgehead atoms. The number of hydrogen-bond acceptors (Lipinski definition) is 3. The zero-order valence-corrected chi connectivity index (χ0v) is 13.6. The number of rotatable bonds is 4. The van der Waals surface area contributed by atoms with Crippen LogP contribution in [-0.4, -0.2) is 19.1 Å². The van der Waals surface area contributed by atoms with Gasteiger partial charge in [-0.05, 0) is 37.1 Å². The third-order valence-electron chi connectivity index (χ3n) is 4.17. The Bertz CT molecular complexity index is 731. The van der Waals surface area contributed by atoms with Crippen molar-refractivity contribution in [3.05, 3.63) is 65.2 Å². The number of hydrogen-bond donors (Lipinski definition) is 0. The first-order chi connectivity index (χ1) is 11.2. The van der Waals surface area contributed by atoms with Crippen LogP contribution < -0.4 is 9.64 Å². The van der Waals surface area contributed by atoms with E-state index in [0.29, 0.717) is 17.7 Å². The van der Waals surface area contributed by atoms with E-state index in [-0.39, 0.29) is 5.97 Å². The van der Waals surface area contributed by atoms with Gasteiger partial charge in [0.2, 0.25) is 0 Å². The number of carbonyl (C=O) groups is 1. The molecule has 0 radical (unpaired) electrons. The topological polar surface area (TPSA) is 29.5 Å². The smallest absolute Gasteiger partial charge is 0.339 e. The highest BCUT2D eigenvalue weighted by atomic mass is 16.5. The molecule has 0 fully saturated rings. The molecule has 2 aromatic carbocycles. The second-order valence-electron chi connectivity index (χ2n) is 5.61. The van der Waals surface area contributed by atoms with Crippen molar-refractivity contribution in [1.29, 1.82) is 0 Å². The Morgan fingerprint density at radius 3 is 2.52 bits per heavy atom. The summed E-state index contributed by atoms with van der Waals surface area (Å²) in [5, 5.41) is 0. The molecule has 1 aliphatic heterocycles. The van der Waals surface area contributed by atoms with Crippen molar-refractivity contribution in [1.82, 2.24) is 0 Å². The van der Waals surface area contributed by atoms with Gasteiger partial charge in [0.05, 0.1) is 0 Å². The van der Waals surface area contributed by atoms with Gasteiger partial charge in [0, 0.05) is 36.8 Å². The third-order valence-corrected chi connectivity index (χ3v) is 4.17. The lowest BCUT2D eigenvalue weighted by atomic mass is 9.99. The molecule has 0 saturated heterocycles. The van der Waals surface area contributed by atoms with Crippen molar-refractivity contribution in [3.8, 4) is 5.75 Å². The molecule has 1 aliphatic rings. The number of ether oxygens (including phenoxy) is 1. The van der Waals surface area contributed by atoms with Gasteiger partial charge in [-0.2, -0.15) is 0 Å². The van der Waals surface area contributed by atoms with E-state index in [1.807, 2.05) is 42.5 Å². The van der Waals surface area contributed by atoms with Crippen molar-refractivity contribution >= 4 is 17.7 Å².